The Morgan fingerprint density at radius 3 is 2.48 bits per heavy atom. The number of hydrogen-bond acceptors (Lipinski definition) is 5. The first-order chi connectivity index (χ1) is 9.86. The summed E-state index contributed by atoms with van der Waals surface area (Å²) in [6.45, 7) is 4.88. The van der Waals surface area contributed by atoms with Gasteiger partial charge in [0.2, 0.25) is 0 Å². The summed E-state index contributed by atoms with van der Waals surface area (Å²) in [4.78, 5) is 35.8. The summed E-state index contributed by atoms with van der Waals surface area (Å²) in [5, 5.41) is 10.6. The second-order valence-electron chi connectivity index (χ2n) is 4.38. The van der Waals surface area contributed by atoms with Crippen molar-refractivity contribution < 1.29 is 19.1 Å². The molecule has 0 bridgehead atoms. The van der Waals surface area contributed by atoms with Gasteiger partial charge in [0.05, 0.1) is 18.2 Å². The van der Waals surface area contributed by atoms with Gasteiger partial charge in [-0.15, -0.1) is 0 Å². The normalized spacial score (nSPS) is 9.86. The maximum absolute atomic E-state index is 12.2. The van der Waals surface area contributed by atoms with Gasteiger partial charge in [-0.05, 0) is 26.3 Å². The Morgan fingerprint density at radius 2 is 1.95 bits per heavy atom. The van der Waals surface area contributed by atoms with E-state index in [2.05, 4.69) is 5.32 Å². The Bertz CT molecular complexity index is 638. The molecule has 1 aromatic heterocycles. The molecule has 1 N–H and O–H groups in total. The lowest BCUT2D eigenvalue weighted by Gasteiger charge is -2.05. The number of carbonyl (C=O) groups is 3. The Kier molecular flexibility index (Phi) is 5.24. The number of hydrogen-bond donors (Lipinski definition) is 1. The molecule has 0 atom stereocenters. The molecule has 0 unspecified atom stereocenters. The molecule has 1 rings (SSSR count). The van der Waals surface area contributed by atoms with Crippen molar-refractivity contribution in [3.8, 4) is 6.07 Å². The molecule has 7 nitrogen and oxygen atoms in total. The third kappa shape index (κ3) is 3.11. The molecule has 1 heterocycles. The summed E-state index contributed by atoms with van der Waals surface area (Å²) in [5.74, 6) is -2.19. The zero-order valence-corrected chi connectivity index (χ0v) is 12.4. The molecule has 0 aliphatic heterocycles. The molecule has 112 valence electrons. The maximum atomic E-state index is 12.2. The van der Waals surface area contributed by atoms with Crippen molar-refractivity contribution in [1.82, 2.24) is 9.88 Å². The number of amides is 1. The van der Waals surface area contributed by atoms with Gasteiger partial charge in [-0.2, -0.15) is 5.26 Å². The molecule has 0 spiro atoms. The third-order valence-electron chi connectivity index (χ3n) is 3.16. The number of esters is 1. The van der Waals surface area contributed by atoms with Crippen LogP contribution >= 0.6 is 0 Å². The van der Waals surface area contributed by atoms with Gasteiger partial charge in [0.25, 0.3) is 11.7 Å². The van der Waals surface area contributed by atoms with Crippen LogP contribution < -0.4 is 5.32 Å². The molecule has 0 radical (unpaired) electrons. The summed E-state index contributed by atoms with van der Waals surface area (Å²) >= 11 is 0. The minimum Gasteiger partial charge on any atom is -0.461 e. The van der Waals surface area contributed by atoms with Crippen LogP contribution in [0.5, 0.6) is 0 Å². The van der Waals surface area contributed by atoms with Crippen LogP contribution in [0, 0.1) is 25.2 Å². The second kappa shape index (κ2) is 6.70. The number of ketones is 1. The minimum absolute atomic E-state index is 0.163. The molecule has 7 heteroatoms. The summed E-state index contributed by atoms with van der Waals surface area (Å²) < 4.78 is 6.47. The number of carbonyl (C=O) groups excluding carboxylic acids is 3. The first-order valence-electron chi connectivity index (χ1n) is 6.39. The predicted molar refractivity (Wildman–Crippen MR) is 73.8 cm³/mol. The minimum atomic E-state index is -0.872. The molecule has 0 aromatic carbocycles. The number of Topliss-reactive ketones (excluding diaryl/α,β-unsaturated/α-hetero) is 1. The SMILES string of the molecule is CCOC(=O)c1c(C)c(C(=O)C(=O)NCC#N)c(C)n1C. The summed E-state index contributed by atoms with van der Waals surface area (Å²) in [6.07, 6.45) is 0. The fourth-order valence-corrected chi connectivity index (χ4v) is 2.11. The number of nitrogens with zero attached hydrogens (tertiary/aromatic N) is 2. The Labute approximate surface area is 122 Å². The fourth-order valence-electron chi connectivity index (χ4n) is 2.11. The topological polar surface area (TPSA) is 101 Å². The molecule has 21 heavy (non-hydrogen) atoms. The number of aromatic nitrogens is 1. The Hall–Kier alpha value is -2.62. The molecule has 0 saturated heterocycles. The van der Waals surface area contributed by atoms with Crippen LogP contribution in [0.3, 0.4) is 0 Å². The standard InChI is InChI=1S/C14H17N3O4/c1-5-21-14(20)11-8(2)10(9(3)17(11)4)12(18)13(19)16-7-6-15/h5,7H2,1-4H3,(H,16,19). The highest BCUT2D eigenvalue weighted by Crippen LogP contribution is 2.22. The van der Waals surface area contributed by atoms with Crippen LogP contribution in [0.4, 0.5) is 0 Å². The van der Waals surface area contributed by atoms with Crippen molar-refractivity contribution in [2.75, 3.05) is 13.2 Å². The van der Waals surface area contributed by atoms with Crippen LogP contribution in [-0.2, 0) is 16.6 Å². The van der Waals surface area contributed by atoms with E-state index in [1.807, 2.05) is 0 Å². The summed E-state index contributed by atoms with van der Waals surface area (Å²) in [7, 11) is 1.62. The number of ether oxygens (including phenoxy) is 1. The van der Waals surface area contributed by atoms with Gasteiger partial charge >= 0.3 is 5.97 Å². The van der Waals surface area contributed by atoms with Crippen molar-refractivity contribution >= 4 is 17.7 Å². The zero-order chi connectivity index (χ0) is 16.2. The highest BCUT2D eigenvalue weighted by Gasteiger charge is 2.28. The quantitative estimate of drug-likeness (QED) is 0.371. The average Bonchev–Trinajstić information content (AvgIpc) is 2.66. The van der Waals surface area contributed by atoms with Gasteiger partial charge in [0, 0.05) is 12.7 Å². The highest BCUT2D eigenvalue weighted by atomic mass is 16.5. The molecule has 1 amide bonds. The second-order valence-corrected chi connectivity index (χ2v) is 4.38. The van der Waals surface area contributed by atoms with Crippen molar-refractivity contribution in [3.63, 3.8) is 0 Å². The van der Waals surface area contributed by atoms with Gasteiger partial charge in [-0.1, -0.05) is 0 Å². The molecule has 0 fully saturated rings. The van der Waals surface area contributed by atoms with Crippen LogP contribution in [0.15, 0.2) is 0 Å². The molecule has 0 saturated carbocycles. The largest absolute Gasteiger partial charge is 0.461 e. The Morgan fingerprint density at radius 1 is 1.33 bits per heavy atom. The summed E-state index contributed by atoms with van der Waals surface area (Å²) in [5.41, 5.74) is 1.29. The van der Waals surface area contributed by atoms with E-state index < -0.39 is 17.7 Å². The highest BCUT2D eigenvalue weighted by molar-refractivity contribution is 6.43. The van der Waals surface area contributed by atoms with Crippen molar-refractivity contribution in [2.24, 2.45) is 7.05 Å². The van der Waals surface area contributed by atoms with Gasteiger partial charge in [0.1, 0.15) is 12.2 Å². The van der Waals surface area contributed by atoms with E-state index in [9.17, 15) is 14.4 Å². The lowest BCUT2D eigenvalue weighted by atomic mass is 10.1. The van der Waals surface area contributed by atoms with Crippen LogP contribution in [-0.4, -0.2) is 35.4 Å². The van der Waals surface area contributed by atoms with Crippen molar-refractivity contribution in [3.05, 3.63) is 22.5 Å². The van der Waals surface area contributed by atoms with Crippen LogP contribution in [0.2, 0.25) is 0 Å². The number of nitrogens with one attached hydrogen (secondary N) is 1. The molecular weight excluding hydrogens is 274 g/mol. The van der Waals surface area contributed by atoms with E-state index in [0.717, 1.165) is 0 Å². The number of nitriles is 1. The first-order valence-corrected chi connectivity index (χ1v) is 6.39. The fraction of sp³-hybridized carbons (Fsp3) is 0.429. The van der Waals surface area contributed by atoms with Crippen molar-refractivity contribution in [2.45, 2.75) is 20.8 Å². The Balaban J connectivity index is 3.24. The van der Waals surface area contributed by atoms with Crippen LogP contribution in [0.1, 0.15) is 39.0 Å². The monoisotopic (exact) mass is 291 g/mol. The van der Waals surface area contributed by atoms with E-state index in [-0.39, 0.29) is 24.4 Å². The van der Waals surface area contributed by atoms with Crippen LogP contribution in [0.25, 0.3) is 0 Å². The van der Waals surface area contributed by atoms with Gasteiger partial charge < -0.3 is 14.6 Å². The lowest BCUT2D eigenvalue weighted by Crippen LogP contribution is -2.31. The molecular formula is C14H17N3O4. The van der Waals surface area contributed by atoms with E-state index in [0.29, 0.717) is 11.3 Å². The first kappa shape index (κ1) is 16.4. The predicted octanol–water partition coefficient (Wildman–Crippen LogP) is 0.641. The van der Waals surface area contributed by atoms with E-state index in [1.165, 1.54) is 4.57 Å². The van der Waals surface area contributed by atoms with Gasteiger partial charge in [-0.3, -0.25) is 9.59 Å². The van der Waals surface area contributed by atoms with E-state index in [1.54, 1.807) is 33.9 Å². The maximum Gasteiger partial charge on any atom is 0.355 e. The third-order valence-corrected chi connectivity index (χ3v) is 3.16. The van der Waals surface area contributed by atoms with Crippen molar-refractivity contribution in [1.29, 1.82) is 5.26 Å². The average molecular weight is 291 g/mol. The van der Waals surface area contributed by atoms with Gasteiger partial charge in [0.15, 0.2) is 0 Å². The van der Waals surface area contributed by atoms with Gasteiger partial charge in [-0.25, -0.2) is 4.79 Å². The number of rotatable bonds is 5. The van der Waals surface area contributed by atoms with E-state index >= 15 is 0 Å². The lowest BCUT2D eigenvalue weighted by molar-refractivity contribution is -0.116. The smallest absolute Gasteiger partial charge is 0.355 e. The zero-order valence-electron chi connectivity index (χ0n) is 12.4. The molecule has 0 aliphatic carbocycles. The molecule has 0 aliphatic rings. The molecule has 1 aromatic rings. The van der Waals surface area contributed by atoms with E-state index in [4.69, 9.17) is 10.00 Å². The summed E-state index contributed by atoms with van der Waals surface area (Å²) in [6, 6.07) is 1.72.